The average molecular weight is 370 g/mol. The molecule has 4 heteroatoms. The quantitative estimate of drug-likeness (QED) is 0.852. The van der Waals surface area contributed by atoms with E-state index in [0.29, 0.717) is 22.7 Å². The summed E-state index contributed by atoms with van der Waals surface area (Å²) in [5.74, 6) is 0.00193. The Balaban J connectivity index is 1.42. The molecule has 0 spiro atoms. The van der Waals surface area contributed by atoms with E-state index >= 15 is 0 Å². The van der Waals surface area contributed by atoms with Gasteiger partial charge in [-0.05, 0) is 37.5 Å². The zero-order valence-electron chi connectivity index (χ0n) is 15.0. The molecule has 2 unspecified atom stereocenters. The van der Waals surface area contributed by atoms with Crippen LogP contribution in [0.1, 0.15) is 48.0 Å². The third kappa shape index (κ3) is 3.94. The lowest BCUT2D eigenvalue weighted by Crippen LogP contribution is -3.20. The Kier molecular flexibility index (Phi) is 5.28. The molecule has 4 rings (SSSR count). The van der Waals surface area contributed by atoms with Gasteiger partial charge in [0.2, 0.25) is 0 Å². The molecule has 2 bridgehead atoms. The minimum Gasteiger partial charge on any atom is -0.349 e. The van der Waals surface area contributed by atoms with Gasteiger partial charge in [0, 0.05) is 35.0 Å². The lowest BCUT2D eigenvalue weighted by atomic mass is 9.81. The number of fused-ring (bicyclic) bond motifs is 2. The molecule has 0 saturated carbocycles. The van der Waals surface area contributed by atoms with Crippen LogP contribution >= 0.6 is 11.6 Å². The van der Waals surface area contributed by atoms with Gasteiger partial charge in [0.15, 0.2) is 0 Å². The summed E-state index contributed by atoms with van der Waals surface area (Å²) in [5, 5.41) is 3.87. The van der Waals surface area contributed by atoms with E-state index in [1.165, 1.54) is 24.8 Å². The second kappa shape index (κ2) is 7.81. The predicted octanol–water partition coefficient (Wildman–Crippen LogP) is 3.24. The second-order valence-electron chi connectivity index (χ2n) is 7.71. The number of amides is 1. The molecule has 2 aliphatic heterocycles. The Morgan fingerprint density at radius 2 is 1.77 bits per heavy atom. The zero-order valence-corrected chi connectivity index (χ0v) is 15.7. The maximum Gasteiger partial charge on any atom is 0.251 e. The Labute approximate surface area is 160 Å². The molecule has 2 heterocycles. The van der Waals surface area contributed by atoms with Crippen LogP contribution in [0.4, 0.5) is 0 Å². The van der Waals surface area contributed by atoms with Gasteiger partial charge in [-0.3, -0.25) is 4.79 Å². The summed E-state index contributed by atoms with van der Waals surface area (Å²) in [6.07, 6.45) is 6.00. The molecule has 26 heavy (non-hydrogen) atoms. The van der Waals surface area contributed by atoms with Crippen LogP contribution in [0.2, 0.25) is 5.02 Å². The molecule has 3 nitrogen and oxygen atoms in total. The van der Waals surface area contributed by atoms with Crippen molar-refractivity contribution in [1.29, 1.82) is 0 Å². The highest BCUT2D eigenvalue weighted by atomic mass is 35.5. The van der Waals surface area contributed by atoms with E-state index in [2.05, 4.69) is 35.6 Å². The van der Waals surface area contributed by atoms with E-state index in [1.807, 2.05) is 12.1 Å². The number of quaternary nitrogens is 1. The third-order valence-corrected chi connectivity index (χ3v) is 6.20. The topological polar surface area (TPSA) is 33.5 Å². The highest BCUT2D eigenvalue weighted by Gasteiger charge is 2.42. The summed E-state index contributed by atoms with van der Waals surface area (Å²) in [6.45, 7) is 1.10. The first-order chi connectivity index (χ1) is 12.7. The van der Waals surface area contributed by atoms with Crippen LogP contribution in [0.15, 0.2) is 54.6 Å². The Morgan fingerprint density at radius 3 is 2.46 bits per heavy atom. The fourth-order valence-electron chi connectivity index (χ4n) is 4.77. The van der Waals surface area contributed by atoms with Crippen LogP contribution in [0.5, 0.6) is 0 Å². The number of carbonyl (C=O) groups is 1. The molecule has 4 atom stereocenters. The molecule has 2 aliphatic rings. The summed E-state index contributed by atoms with van der Waals surface area (Å²) < 4.78 is 0. The van der Waals surface area contributed by atoms with E-state index in [-0.39, 0.29) is 11.9 Å². The smallest absolute Gasteiger partial charge is 0.251 e. The van der Waals surface area contributed by atoms with Crippen molar-refractivity contribution in [3.8, 4) is 0 Å². The van der Waals surface area contributed by atoms with E-state index in [0.717, 1.165) is 19.4 Å². The SMILES string of the molecule is O=C(NC1C[C@H]2CCC[C@@H](C1)[NH+]2Cc1ccccc1)c1cccc(Cl)c1. The van der Waals surface area contributed by atoms with E-state index in [9.17, 15) is 4.79 Å². The van der Waals surface area contributed by atoms with Crippen LogP contribution in [0.25, 0.3) is 0 Å². The summed E-state index contributed by atoms with van der Waals surface area (Å²) >= 11 is 6.02. The molecule has 0 aliphatic carbocycles. The highest BCUT2D eigenvalue weighted by Crippen LogP contribution is 2.23. The van der Waals surface area contributed by atoms with Gasteiger partial charge in [-0.25, -0.2) is 0 Å². The monoisotopic (exact) mass is 369 g/mol. The van der Waals surface area contributed by atoms with Gasteiger partial charge in [0.25, 0.3) is 5.91 Å². The number of hydrogen-bond donors (Lipinski definition) is 2. The number of carbonyl (C=O) groups excluding carboxylic acids is 1. The van der Waals surface area contributed by atoms with Gasteiger partial charge >= 0.3 is 0 Å². The number of piperidine rings is 2. The summed E-state index contributed by atoms with van der Waals surface area (Å²) in [5.41, 5.74) is 2.07. The second-order valence-corrected chi connectivity index (χ2v) is 8.15. The fraction of sp³-hybridized carbons (Fsp3) is 0.409. The van der Waals surface area contributed by atoms with Crippen molar-refractivity contribution in [2.24, 2.45) is 0 Å². The lowest BCUT2D eigenvalue weighted by Gasteiger charge is -2.46. The minimum absolute atomic E-state index is 0.00193. The molecule has 1 amide bonds. The third-order valence-electron chi connectivity index (χ3n) is 5.97. The van der Waals surface area contributed by atoms with Crippen molar-refractivity contribution in [1.82, 2.24) is 5.32 Å². The summed E-state index contributed by atoms with van der Waals surface area (Å²) in [6, 6.07) is 19.6. The van der Waals surface area contributed by atoms with Crippen molar-refractivity contribution >= 4 is 17.5 Å². The van der Waals surface area contributed by atoms with Crippen LogP contribution in [0.3, 0.4) is 0 Å². The van der Waals surface area contributed by atoms with Crippen molar-refractivity contribution in [2.45, 2.75) is 56.8 Å². The summed E-state index contributed by atoms with van der Waals surface area (Å²) in [7, 11) is 0. The normalized spacial score (nSPS) is 27.7. The molecule has 2 fully saturated rings. The maximum absolute atomic E-state index is 12.6. The molecule has 0 radical (unpaired) electrons. The number of nitrogens with one attached hydrogen (secondary N) is 2. The van der Waals surface area contributed by atoms with Gasteiger partial charge in [-0.1, -0.05) is 48.0 Å². The first-order valence-electron chi connectivity index (χ1n) is 9.65. The highest BCUT2D eigenvalue weighted by molar-refractivity contribution is 6.30. The number of benzene rings is 2. The molecule has 2 N–H and O–H groups in total. The maximum atomic E-state index is 12.6. The van der Waals surface area contributed by atoms with E-state index < -0.39 is 0 Å². The average Bonchev–Trinajstić information content (AvgIpc) is 2.63. The molecular formula is C22H26ClN2O+. The Morgan fingerprint density at radius 1 is 1.04 bits per heavy atom. The number of hydrogen-bond acceptors (Lipinski definition) is 1. The summed E-state index contributed by atoms with van der Waals surface area (Å²) in [4.78, 5) is 14.3. The Bertz CT molecular complexity index is 750. The van der Waals surface area contributed by atoms with Crippen LogP contribution in [0, 0.1) is 0 Å². The van der Waals surface area contributed by atoms with Gasteiger partial charge in [-0.15, -0.1) is 0 Å². The van der Waals surface area contributed by atoms with Crippen LogP contribution in [-0.2, 0) is 6.54 Å². The van der Waals surface area contributed by atoms with E-state index in [4.69, 9.17) is 11.6 Å². The number of rotatable bonds is 4. The minimum atomic E-state index is 0.00193. The Hall–Kier alpha value is -1.84. The molecular weight excluding hydrogens is 344 g/mol. The van der Waals surface area contributed by atoms with Crippen LogP contribution < -0.4 is 10.2 Å². The van der Waals surface area contributed by atoms with Crippen molar-refractivity contribution in [2.75, 3.05) is 0 Å². The van der Waals surface area contributed by atoms with Gasteiger partial charge < -0.3 is 10.2 Å². The lowest BCUT2D eigenvalue weighted by molar-refractivity contribution is -0.973. The molecule has 2 saturated heterocycles. The van der Waals surface area contributed by atoms with Crippen LogP contribution in [-0.4, -0.2) is 24.0 Å². The predicted molar refractivity (Wildman–Crippen MR) is 104 cm³/mol. The van der Waals surface area contributed by atoms with Crippen molar-refractivity contribution in [3.63, 3.8) is 0 Å². The van der Waals surface area contributed by atoms with Crippen molar-refractivity contribution in [3.05, 3.63) is 70.7 Å². The van der Waals surface area contributed by atoms with Gasteiger partial charge in [-0.2, -0.15) is 0 Å². The van der Waals surface area contributed by atoms with E-state index in [1.54, 1.807) is 17.0 Å². The molecule has 2 aromatic carbocycles. The van der Waals surface area contributed by atoms with Crippen molar-refractivity contribution < 1.29 is 9.69 Å². The number of halogens is 1. The molecule has 2 aromatic rings. The first kappa shape index (κ1) is 17.6. The van der Waals surface area contributed by atoms with Gasteiger partial charge in [0.1, 0.15) is 6.54 Å². The first-order valence-corrected chi connectivity index (χ1v) is 10.0. The fourth-order valence-corrected chi connectivity index (χ4v) is 4.96. The molecule has 136 valence electrons. The molecule has 0 aromatic heterocycles. The largest absolute Gasteiger partial charge is 0.349 e. The zero-order chi connectivity index (χ0) is 17.9. The standard InChI is InChI=1S/C22H25ClN2O/c23-18-9-4-8-17(12-18)22(26)24-19-13-20-10-5-11-21(14-19)25(20)15-16-6-2-1-3-7-16/h1-4,6-9,12,19-21H,5,10-11,13-15H2,(H,24,26)/p+1/t19?,20-,21+. The van der Waals surface area contributed by atoms with Gasteiger partial charge in [0.05, 0.1) is 12.1 Å².